The monoisotopic (exact) mass is 716 g/mol. The molecule has 8 atom stereocenters. The molecule has 4 heterocycles. The third kappa shape index (κ3) is 10.5. The van der Waals surface area contributed by atoms with Crippen LogP contribution in [-0.2, 0) is 41.5 Å². The highest BCUT2D eigenvalue weighted by Crippen LogP contribution is 2.34. The Morgan fingerprint density at radius 3 is 2.22 bits per heavy atom. The van der Waals surface area contributed by atoms with E-state index >= 15 is 0 Å². The van der Waals surface area contributed by atoms with Gasteiger partial charge in [0, 0.05) is 37.6 Å². The summed E-state index contributed by atoms with van der Waals surface area (Å²) < 4.78 is 57.3. The molecule has 3 unspecified atom stereocenters. The number of hydrogen-bond acceptors (Lipinski definition) is 11. The highest BCUT2D eigenvalue weighted by molar-refractivity contribution is 7.89. The van der Waals surface area contributed by atoms with Gasteiger partial charge >= 0.3 is 6.09 Å². The number of rotatable bonds is 15. The molecule has 12 nitrogen and oxygen atoms in total. The molecule has 0 saturated carbocycles. The summed E-state index contributed by atoms with van der Waals surface area (Å²) in [4.78, 5) is 13.7. The molecule has 50 heavy (non-hydrogen) atoms. The first kappa shape index (κ1) is 37.1. The van der Waals surface area contributed by atoms with Crippen molar-refractivity contribution >= 4 is 17.5 Å². The van der Waals surface area contributed by atoms with Gasteiger partial charge in [-0.1, -0.05) is 44.2 Å². The lowest BCUT2D eigenvalue weighted by Gasteiger charge is -2.31. The third-order valence-electron chi connectivity index (χ3n) is 9.37. The number of fused-ring (bicyclic) bond motifs is 1. The molecule has 0 bridgehead atoms. The van der Waals surface area contributed by atoms with Gasteiger partial charge in [0.05, 0.1) is 62.4 Å². The Hall–Kier alpha value is -2.62. The summed E-state index contributed by atoms with van der Waals surface area (Å²) in [5, 5.41) is 14.7. The Morgan fingerprint density at radius 2 is 1.60 bits per heavy atom. The molecule has 4 aliphatic rings. The lowest BCUT2D eigenvalue weighted by Crippen LogP contribution is -2.51. The quantitative estimate of drug-likeness (QED) is 0.242. The second kappa shape index (κ2) is 18.2. The molecule has 0 spiro atoms. The number of ether oxygens (including phenoxy) is 7. The fraction of sp³-hybridized carbons (Fsp3) is 0.649. The van der Waals surface area contributed by atoms with Crippen LogP contribution < -0.4 is 14.8 Å². The van der Waals surface area contributed by atoms with Crippen molar-refractivity contribution in [3.63, 3.8) is 0 Å². The summed E-state index contributed by atoms with van der Waals surface area (Å²) in [6.45, 7) is 6.61. The Kier molecular flexibility index (Phi) is 13.5. The molecule has 1 amide bonds. The lowest BCUT2D eigenvalue weighted by atomic mass is 10.0. The average Bonchev–Trinajstić information content (AvgIpc) is 3.74. The molecule has 4 saturated heterocycles. The number of amides is 1. The van der Waals surface area contributed by atoms with Crippen LogP contribution in [0.4, 0.5) is 4.79 Å². The molecular formula is C37H52N2O10S. The lowest BCUT2D eigenvalue weighted by molar-refractivity contribution is -0.109. The minimum atomic E-state index is -1.72. The van der Waals surface area contributed by atoms with E-state index in [1.54, 1.807) is 22.5 Å². The zero-order valence-electron chi connectivity index (χ0n) is 29.1. The van der Waals surface area contributed by atoms with Crippen LogP contribution in [0.5, 0.6) is 11.5 Å². The van der Waals surface area contributed by atoms with E-state index in [4.69, 9.17) is 33.2 Å². The number of benzene rings is 2. The van der Waals surface area contributed by atoms with E-state index in [2.05, 4.69) is 5.32 Å². The summed E-state index contributed by atoms with van der Waals surface area (Å²) in [6.07, 6.45) is 3.34. The van der Waals surface area contributed by atoms with Crippen molar-refractivity contribution in [1.29, 1.82) is 0 Å². The van der Waals surface area contributed by atoms with E-state index in [1.807, 2.05) is 44.2 Å². The summed E-state index contributed by atoms with van der Waals surface area (Å²) in [5.74, 6) is 1.11. The van der Waals surface area contributed by atoms with Crippen LogP contribution in [0.25, 0.3) is 0 Å². The van der Waals surface area contributed by atoms with Gasteiger partial charge in [0.1, 0.15) is 17.6 Å². The van der Waals surface area contributed by atoms with Gasteiger partial charge in [-0.25, -0.2) is 4.79 Å². The van der Waals surface area contributed by atoms with Crippen molar-refractivity contribution in [2.24, 2.45) is 11.8 Å². The number of aliphatic hydroxyl groups excluding tert-OH is 1. The van der Waals surface area contributed by atoms with Gasteiger partial charge in [-0.15, -0.1) is 4.31 Å². The summed E-state index contributed by atoms with van der Waals surface area (Å²) >= 11 is -1.72. The van der Waals surface area contributed by atoms with E-state index in [9.17, 15) is 14.5 Å². The fourth-order valence-corrected chi connectivity index (χ4v) is 8.27. The Labute approximate surface area is 298 Å². The molecule has 2 N–H and O–H groups in total. The average molecular weight is 717 g/mol. The molecule has 6 rings (SSSR count). The number of nitrogens with one attached hydrogen (secondary N) is 1. The van der Waals surface area contributed by atoms with Crippen molar-refractivity contribution in [3.8, 4) is 11.5 Å². The standard InChI is InChI=1S/C37H52N2O10S/c1-25(2)22-39(50(42)29-20-27(47-34-12-6-8-15-43-34)19-28(21-29)48-35-13-7-9-16-44-35)23-32(40)31(18-26-10-4-3-5-11-26)38-37(41)49-33-24-46-36-30(33)14-17-45-36/h3-5,10-11,19-21,25,30-36,40H,6-9,12-18,22-24H2,1-2H3,(H,38,41)/t30-,31-,32+,33-,34?,35?,36+,50?/m0/s1. The number of alkyl carbamates (subject to hydrolysis) is 1. The zero-order chi connectivity index (χ0) is 34.9. The molecule has 4 aliphatic heterocycles. The number of hydrogen-bond donors (Lipinski definition) is 2. The van der Waals surface area contributed by atoms with Crippen LogP contribution in [0.1, 0.15) is 64.4 Å². The van der Waals surface area contributed by atoms with Crippen LogP contribution in [0.2, 0.25) is 0 Å². The molecule has 2 aromatic carbocycles. The van der Waals surface area contributed by atoms with Crippen LogP contribution in [0.3, 0.4) is 0 Å². The minimum absolute atomic E-state index is 0.00910. The highest BCUT2D eigenvalue weighted by Gasteiger charge is 2.44. The Morgan fingerprint density at radius 1 is 0.920 bits per heavy atom. The van der Waals surface area contributed by atoms with Crippen LogP contribution in [-0.4, -0.2) is 96.7 Å². The fourth-order valence-electron chi connectivity index (χ4n) is 6.82. The van der Waals surface area contributed by atoms with Crippen molar-refractivity contribution in [3.05, 3.63) is 54.1 Å². The van der Waals surface area contributed by atoms with E-state index in [0.717, 1.165) is 50.5 Å². The predicted octanol–water partition coefficient (Wildman–Crippen LogP) is 4.94. The summed E-state index contributed by atoms with van der Waals surface area (Å²) in [5.41, 5.74) is 0.934. The summed E-state index contributed by atoms with van der Waals surface area (Å²) in [7, 11) is 0. The SMILES string of the molecule is CC(C)CN(C[C@@H](O)[C@H](Cc1ccccc1)NC(=O)O[C@H]1CO[C@H]2OCC[C@H]21)[S+]([O-])c1cc(OC2CCCCO2)cc(OC2CCCCO2)c1. The molecule has 0 aliphatic carbocycles. The predicted molar refractivity (Wildman–Crippen MR) is 185 cm³/mol. The second-order valence-corrected chi connectivity index (χ2v) is 15.4. The first-order valence-electron chi connectivity index (χ1n) is 18.1. The van der Waals surface area contributed by atoms with Gasteiger partial charge < -0.3 is 48.1 Å². The highest BCUT2D eigenvalue weighted by atomic mass is 32.2. The van der Waals surface area contributed by atoms with E-state index in [1.165, 1.54) is 0 Å². The minimum Gasteiger partial charge on any atom is -0.593 e. The maximum atomic E-state index is 14.5. The third-order valence-corrected chi connectivity index (χ3v) is 10.8. The van der Waals surface area contributed by atoms with E-state index in [0.29, 0.717) is 49.2 Å². The largest absolute Gasteiger partial charge is 0.593 e. The molecule has 0 radical (unpaired) electrons. The van der Waals surface area contributed by atoms with Crippen molar-refractivity contribution in [2.45, 2.75) is 107 Å². The molecule has 0 aromatic heterocycles. The second-order valence-electron chi connectivity index (χ2n) is 13.9. The first-order valence-corrected chi connectivity index (χ1v) is 19.2. The van der Waals surface area contributed by atoms with Gasteiger partial charge in [0.2, 0.25) is 0 Å². The first-order chi connectivity index (χ1) is 24.3. The molecule has 13 heteroatoms. The van der Waals surface area contributed by atoms with Crippen LogP contribution >= 0.6 is 0 Å². The van der Waals surface area contributed by atoms with Crippen molar-refractivity contribution in [1.82, 2.24) is 9.62 Å². The van der Waals surface area contributed by atoms with Gasteiger partial charge in [0.25, 0.3) is 0 Å². The van der Waals surface area contributed by atoms with Crippen molar-refractivity contribution in [2.75, 3.05) is 39.5 Å². The van der Waals surface area contributed by atoms with Crippen molar-refractivity contribution < 1.29 is 47.6 Å². The van der Waals surface area contributed by atoms with Crippen LogP contribution in [0.15, 0.2) is 53.4 Å². The van der Waals surface area contributed by atoms with E-state index in [-0.39, 0.29) is 31.3 Å². The van der Waals surface area contributed by atoms with Gasteiger partial charge in [-0.05, 0) is 50.0 Å². The maximum Gasteiger partial charge on any atom is 0.407 e. The molecule has 276 valence electrons. The summed E-state index contributed by atoms with van der Waals surface area (Å²) in [6, 6.07) is 14.2. The number of carbonyl (C=O) groups is 1. The van der Waals surface area contributed by atoms with Crippen LogP contribution in [0, 0.1) is 11.8 Å². The normalized spacial score (nSPS) is 27.0. The Bertz CT molecular complexity index is 1300. The zero-order valence-corrected chi connectivity index (χ0v) is 29.9. The van der Waals surface area contributed by atoms with Gasteiger partial charge in [-0.3, -0.25) is 0 Å². The topological polar surface area (TPSA) is 140 Å². The smallest absolute Gasteiger partial charge is 0.407 e. The number of aliphatic hydroxyl groups is 1. The number of nitrogens with zero attached hydrogens (tertiary/aromatic N) is 1. The van der Waals surface area contributed by atoms with E-state index < -0.39 is 48.3 Å². The molecule has 2 aromatic rings. The molecular weight excluding hydrogens is 664 g/mol. The maximum absolute atomic E-state index is 14.5. The Balaban J connectivity index is 1.19. The van der Waals surface area contributed by atoms with Gasteiger partial charge in [0.15, 0.2) is 23.8 Å². The number of carbonyl (C=O) groups excluding carboxylic acids is 1. The van der Waals surface area contributed by atoms with Gasteiger partial charge in [-0.2, -0.15) is 0 Å². The molecule has 4 fully saturated rings.